The van der Waals surface area contributed by atoms with Crippen LogP contribution < -0.4 is 0 Å². The largest absolute Gasteiger partial charge is 0.394 e. The van der Waals surface area contributed by atoms with E-state index < -0.39 is 99.2 Å². The molecular formula is C17H28O14. The molecule has 0 aromatic heterocycles. The van der Waals surface area contributed by atoms with Crippen molar-refractivity contribution in [1.29, 1.82) is 0 Å². The molecule has 7 rings (SSSR count). The van der Waals surface area contributed by atoms with Gasteiger partial charge in [0.15, 0.2) is 18.9 Å². The Morgan fingerprint density at radius 1 is 0.516 bits per heavy atom. The molecule has 14 nitrogen and oxygen atoms in total. The van der Waals surface area contributed by atoms with Crippen molar-refractivity contribution in [2.75, 3.05) is 19.8 Å². The van der Waals surface area contributed by atoms with Crippen LogP contribution in [0.1, 0.15) is 0 Å². The summed E-state index contributed by atoms with van der Waals surface area (Å²) in [5.41, 5.74) is 0. The Morgan fingerprint density at radius 3 is 1.45 bits per heavy atom. The van der Waals surface area contributed by atoms with Gasteiger partial charge < -0.3 is 69.3 Å². The van der Waals surface area contributed by atoms with Crippen LogP contribution in [0.25, 0.3) is 0 Å². The van der Waals surface area contributed by atoms with Gasteiger partial charge in [-0.25, -0.2) is 0 Å². The summed E-state index contributed by atoms with van der Waals surface area (Å²) in [5, 5.41) is 82.0. The molecule has 0 aromatic rings. The molecule has 0 saturated carbocycles. The highest BCUT2D eigenvalue weighted by molar-refractivity contribution is 4.97. The number of rotatable bonds is 2. The molecule has 180 valence electrons. The lowest BCUT2D eigenvalue weighted by Gasteiger charge is -2.45. The average molecular weight is 456 g/mol. The summed E-state index contributed by atoms with van der Waals surface area (Å²) in [5.74, 6) is 0. The van der Waals surface area contributed by atoms with Gasteiger partial charge in [0.2, 0.25) is 0 Å². The quantitative estimate of drug-likeness (QED) is 0.194. The van der Waals surface area contributed by atoms with Gasteiger partial charge in [-0.2, -0.15) is 0 Å². The molecule has 0 unspecified atom stereocenters. The third-order valence-corrected chi connectivity index (χ3v) is 5.95. The smallest absolute Gasteiger partial charge is 0.187 e. The van der Waals surface area contributed by atoms with E-state index in [0.717, 1.165) is 0 Å². The van der Waals surface area contributed by atoms with Crippen molar-refractivity contribution in [2.24, 2.45) is 0 Å². The lowest BCUT2D eigenvalue weighted by Crippen LogP contribution is -2.64. The highest BCUT2D eigenvalue weighted by atomic mass is 16.8. The second kappa shape index (κ2) is 9.36. The predicted molar refractivity (Wildman–Crippen MR) is 91.9 cm³/mol. The maximum Gasteiger partial charge on any atom is 0.187 e. The van der Waals surface area contributed by atoms with Crippen LogP contribution in [0.15, 0.2) is 0 Å². The maximum absolute atomic E-state index is 10.6. The first-order valence-corrected chi connectivity index (χ1v) is 9.95. The van der Waals surface area contributed by atoms with E-state index in [-0.39, 0.29) is 6.61 Å². The maximum atomic E-state index is 10.6. The van der Waals surface area contributed by atoms with Crippen LogP contribution in [0.5, 0.6) is 0 Å². The van der Waals surface area contributed by atoms with Crippen molar-refractivity contribution >= 4 is 0 Å². The third kappa shape index (κ3) is 4.22. The van der Waals surface area contributed by atoms with Crippen LogP contribution in [-0.4, -0.2) is 147 Å². The van der Waals surface area contributed by atoms with Crippen molar-refractivity contribution in [3.05, 3.63) is 0 Å². The molecule has 7 aliphatic rings. The molecule has 7 fully saturated rings. The van der Waals surface area contributed by atoms with Gasteiger partial charge in [-0.3, -0.25) is 0 Å². The average Bonchev–Trinajstić information content (AvgIpc) is 2.78. The molecule has 8 N–H and O–H groups in total. The Morgan fingerprint density at radius 2 is 0.968 bits per heavy atom. The number of aliphatic hydroxyl groups is 8. The number of hydrogen-bond donors (Lipinski definition) is 8. The van der Waals surface area contributed by atoms with E-state index in [2.05, 4.69) is 0 Å². The van der Waals surface area contributed by atoms with Crippen LogP contribution in [0.3, 0.4) is 0 Å². The van der Waals surface area contributed by atoms with Crippen molar-refractivity contribution in [3.63, 3.8) is 0 Å². The highest BCUT2D eigenvalue weighted by Gasteiger charge is 2.55. The highest BCUT2D eigenvalue weighted by Crippen LogP contribution is 2.34. The number of ether oxygens (including phenoxy) is 6. The summed E-state index contributed by atoms with van der Waals surface area (Å²) < 4.78 is 33.1. The van der Waals surface area contributed by atoms with Gasteiger partial charge in [-0.15, -0.1) is 0 Å². The summed E-state index contributed by atoms with van der Waals surface area (Å²) in [4.78, 5) is 0. The van der Waals surface area contributed by atoms with Gasteiger partial charge in [0.25, 0.3) is 0 Å². The molecule has 0 amide bonds. The van der Waals surface area contributed by atoms with Crippen molar-refractivity contribution in [2.45, 2.75) is 86.0 Å². The lowest BCUT2D eigenvalue weighted by atomic mass is 9.97. The van der Waals surface area contributed by atoms with Crippen LogP contribution in [-0.2, 0) is 28.4 Å². The minimum absolute atomic E-state index is 0.370. The SMILES string of the molecule is OC[C@H]1O[C@@H]2O[C@H]3[C@@H](OC[C@@H](O)[C@@H]3O)O[C@H]3[C@H](O)[C@H](O)[C@@H](O[C@H]1[C@H](O)[C@@H]2O)O[C@@H]3CO. The van der Waals surface area contributed by atoms with Gasteiger partial charge in [-0.05, 0) is 0 Å². The van der Waals surface area contributed by atoms with E-state index in [1.807, 2.05) is 0 Å². The first-order valence-electron chi connectivity index (χ1n) is 9.95. The summed E-state index contributed by atoms with van der Waals surface area (Å²) in [6.45, 7) is -1.74. The molecule has 0 spiro atoms. The van der Waals surface area contributed by atoms with Crippen LogP contribution >= 0.6 is 0 Å². The Balaban J connectivity index is 1.74. The molecule has 0 aliphatic carbocycles. The van der Waals surface area contributed by atoms with Crippen molar-refractivity contribution in [3.8, 4) is 0 Å². The first-order chi connectivity index (χ1) is 14.8. The topological polar surface area (TPSA) is 217 Å². The van der Waals surface area contributed by atoms with Gasteiger partial charge in [0.1, 0.15) is 67.1 Å². The second-order valence-electron chi connectivity index (χ2n) is 7.98. The standard InChI is InChI=1S/C17H28O14/c18-1-5-12-8(22)11(25)16(28-5)31-14-7(21)4(20)3-26-17(14)30-13-6(2-19)27-15(29-12)10(24)9(13)23/h4-25H,1-3H2/t4-,5-,6-,7+,8-,9-,10+,11+,12-,13-,14-,15-,16-,17+/m1/s1. The zero-order valence-electron chi connectivity index (χ0n) is 16.2. The van der Waals surface area contributed by atoms with Gasteiger partial charge >= 0.3 is 0 Å². The van der Waals surface area contributed by atoms with E-state index in [0.29, 0.717) is 0 Å². The molecule has 4 bridgehead atoms. The van der Waals surface area contributed by atoms with Crippen molar-refractivity contribution < 1.29 is 69.3 Å². The summed E-state index contributed by atoms with van der Waals surface area (Å²) in [7, 11) is 0. The summed E-state index contributed by atoms with van der Waals surface area (Å²) in [6.07, 6.45) is -21.2. The number of hydrogen-bond acceptors (Lipinski definition) is 14. The second-order valence-corrected chi connectivity index (χ2v) is 7.98. The zero-order valence-corrected chi connectivity index (χ0v) is 16.2. The molecule has 31 heavy (non-hydrogen) atoms. The molecule has 0 radical (unpaired) electrons. The minimum atomic E-state index is -1.74. The molecule has 14 heteroatoms. The summed E-state index contributed by atoms with van der Waals surface area (Å²) in [6, 6.07) is 0. The molecule has 14 atom stereocenters. The fourth-order valence-corrected chi connectivity index (χ4v) is 4.16. The monoisotopic (exact) mass is 456 g/mol. The minimum Gasteiger partial charge on any atom is -0.394 e. The molecule has 7 saturated heterocycles. The fourth-order valence-electron chi connectivity index (χ4n) is 4.16. The molecular weight excluding hydrogens is 428 g/mol. The lowest BCUT2D eigenvalue weighted by molar-refractivity contribution is -0.362. The molecule has 7 heterocycles. The zero-order chi connectivity index (χ0) is 22.4. The first kappa shape index (κ1) is 23.6. The van der Waals surface area contributed by atoms with E-state index in [1.54, 1.807) is 0 Å². The van der Waals surface area contributed by atoms with Gasteiger partial charge in [-0.1, -0.05) is 0 Å². The Kier molecular flexibility index (Phi) is 7.12. The Labute approximate surface area is 176 Å². The normalized spacial score (nSPS) is 55.7. The van der Waals surface area contributed by atoms with E-state index >= 15 is 0 Å². The van der Waals surface area contributed by atoms with Crippen LogP contribution in [0.4, 0.5) is 0 Å². The third-order valence-electron chi connectivity index (χ3n) is 5.95. The van der Waals surface area contributed by atoms with E-state index in [1.165, 1.54) is 0 Å². The van der Waals surface area contributed by atoms with E-state index in [9.17, 15) is 40.9 Å². The van der Waals surface area contributed by atoms with Crippen molar-refractivity contribution in [1.82, 2.24) is 0 Å². The van der Waals surface area contributed by atoms with Gasteiger partial charge in [0, 0.05) is 0 Å². The molecule has 0 aromatic carbocycles. The fraction of sp³-hybridized carbons (Fsp3) is 1.00. The van der Waals surface area contributed by atoms with Crippen LogP contribution in [0.2, 0.25) is 0 Å². The molecule has 7 aliphatic heterocycles. The van der Waals surface area contributed by atoms with Crippen LogP contribution in [0, 0.1) is 0 Å². The predicted octanol–water partition coefficient (Wildman–Crippen LogP) is -5.89. The Bertz CT molecular complexity index is 597. The Hall–Kier alpha value is -0.560. The van der Waals surface area contributed by atoms with E-state index in [4.69, 9.17) is 28.4 Å². The van der Waals surface area contributed by atoms with Gasteiger partial charge in [0.05, 0.1) is 19.8 Å². The summed E-state index contributed by atoms with van der Waals surface area (Å²) >= 11 is 0. The number of aliphatic hydroxyl groups excluding tert-OH is 8.